The summed E-state index contributed by atoms with van der Waals surface area (Å²) in [5.74, 6) is 10.5. The van der Waals surface area contributed by atoms with Gasteiger partial charge in [0.2, 0.25) is 0 Å². The third-order valence-corrected chi connectivity index (χ3v) is 1.22. The monoisotopic (exact) mass is 122 g/mol. The lowest BCUT2D eigenvalue weighted by atomic mass is 11.0. The van der Waals surface area contributed by atoms with Crippen LogP contribution < -0.4 is 11.7 Å². The molecular weight excluding hydrogens is 108 g/mol. The van der Waals surface area contributed by atoms with Gasteiger partial charge in [-0.15, -0.1) is 0 Å². The molecule has 0 saturated heterocycles. The van der Waals surface area contributed by atoms with Gasteiger partial charge in [0.15, 0.2) is 0 Å². The van der Waals surface area contributed by atoms with E-state index in [2.05, 4.69) is 25.5 Å². The van der Waals surface area contributed by atoms with Gasteiger partial charge in [0, 0.05) is 0 Å². The molecule has 7 heavy (non-hydrogen) atoms. The minimum Gasteiger partial charge on any atom is -0.274 e. The maximum absolute atomic E-state index is 4.00. The van der Waals surface area contributed by atoms with E-state index in [9.17, 15) is 0 Å². The number of nitrogens with two attached hydrogens (primary N) is 2. The molecule has 4 N–H and O–H groups in total. The molecular formula is C4H14N2S. The summed E-state index contributed by atoms with van der Waals surface area (Å²) in [5.41, 5.74) is 0. The molecule has 0 aromatic rings. The van der Waals surface area contributed by atoms with Gasteiger partial charge in [0.1, 0.15) is 0 Å². The van der Waals surface area contributed by atoms with Gasteiger partial charge in [0.25, 0.3) is 0 Å². The molecule has 0 heterocycles. The van der Waals surface area contributed by atoms with Crippen molar-refractivity contribution in [2.45, 2.75) is 13.8 Å². The fraction of sp³-hybridized carbons (Fsp3) is 1.00. The predicted molar refractivity (Wildman–Crippen MR) is 37.0 cm³/mol. The van der Waals surface area contributed by atoms with E-state index in [4.69, 9.17) is 0 Å². The van der Waals surface area contributed by atoms with Crippen LogP contribution in [0.15, 0.2) is 0 Å². The smallest absolute Gasteiger partial charge is 0.00961 e. The third-order valence-electron chi connectivity index (χ3n) is 0.408. The van der Waals surface area contributed by atoms with Crippen LogP contribution in [0.3, 0.4) is 0 Å². The number of rotatable bonds is 2. The van der Waals surface area contributed by atoms with E-state index >= 15 is 0 Å². The van der Waals surface area contributed by atoms with E-state index < -0.39 is 0 Å². The molecule has 0 aromatic heterocycles. The van der Waals surface area contributed by atoms with E-state index in [1.165, 1.54) is 11.5 Å². The van der Waals surface area contributed by atoms with E-state index in [0.29, 0.717) is 0 Å². The number of hydrogen-bond donors (Lipinski definition) is 2. The topological polar surface area (TPSA) is 52.0 Å². The first-order valence-corrected chi connectivity index (χ1v) is 3.48. The summed E-state index contributed by atoms with van der Waals surface area (Å²) in [5, 5.41) is 0. The third kappa shape index (κ3) is 22.2. The van der Waals surface area contributed by atoms with Crippen molar-refractivity contribution >= 4 is 11.8 Å². The maximum atomic E-state index is 4.00. The molecule has 2 nitrogen and oxygen atoms in total. The molecule has 0 fully saturated rings. The van der Waals surface area contributed by atoms with Crippen LogP contribution in [-0.4, -0.2) is 11.5 Å². The van der Waals surface area contributed by atoms with Gasteiger partial charge in [0.05, 0.1) is 0 Å². The Bertz CT molecular complexity index is 17.2. The van der Waals surface area contributed by atoms with Crippen LogP contribution in [0, 0.1) is 0 Å². The summed E-state index contributed by atoms with van der Waals surface area (Å²) in [7, 11) is 0. The van der Waals surface area contributed by atoms with Gasteiger partial charge < -0.3 is 0 Å². The molecule has 0 spiro atoms. The highest BCUT2D eigenvalue weighted by molar-refractivity contribution is 7.99. The van der Waals surface area contributed by atoms with Crippen LogP contribution in [0.25, 0.3) is 0 Å². The van der Waals surface area contributed by atoms with Gasteiger partial charge in [-0.2, -0.15) is 11.8 Å². The molecule has 46 valence electrons. The normalized spacial score (nSPS) is 6.86. The Morgan fingerprint density at radius 2 is 1.43 bits per heavy atom. The minimum atomic E-state index is 1.26. The van der Waals surface area contributed by atoms with E-state index in [0.717, 1.165) is 0 Å². The van der Waals surface area contributed by atoms with Gasteiger partial charge in [-0.25, -0.2) is 0 Å². The molecule has 3 heteroatoms. The molecule has 0 unspecified atom stereocenters. The fourth-order valence-corrected chi connectivity index (χ4v) is 0.612. The van der Waals surface area contributed by atoms with Crippen molar-refractivity contribution in [1.82, 2.24) is 0 Å². The molecule has 0 aliphatic carbocycles. The average molecular weight is 122 g/mol. The Hall–Kier alpha value is 0.270. The summed E-state index contributed by atoms with van der Waals surface area (Å²) in [6.45, 7) is 4.35. The van der Waals surface area contributed by atoms with Crippen molar-refractivity contribution in [2.75, 3.05) is 11.5 Å². The first kappa shape index (κ1) is 10.3. The van der Waals surface area contributed by atoms with Crippen LogP contribution in [0.4, 0.5) is 0 Å². The second kappa shape index (κ2) is 16.3. The zero-order chi connectivity index (χ0) is 6.12. The summed E-state index contributed by atoms with van der Waals surface area (Å²) < 4.78 is 0. The lowest BCUT2D eigenvalue weighted by Crippen LogP contribution is -2.02. The van der Waals surface area contributed by atoms with Crippen molar-refractivity contribution in [3.8, 4) is 0 Å². The van der Waals surface area contributed by atoms with Crippen molar-refractivity contribution < 1.29 is 0 Å². The SMILES string of the molecule is CCSCC.NN. The standard InChI is InChI=1S/C4H10S.H4N2/c1-3-5-4-2;1-2/h3-4H2,1-2H3;1-2H2. The second-order valence-corrected chi connectivity index (χ2v) is 2.34. The maximum Gasteiger partial charge on any atom is -0.00961 e. The molecule has 0 saturated carbocycles. The van der Waals surface area contributed by atoms with Gasteiger partial charge in [-0.1, -0.05) is 13.8 Å². The molecule has 0 atom stereocenters. The fourth-order valence-electron chi connectivity index (χ4n) is 0.204. The second-order valence-electron chi connectivity index (χ2n) is 0.781. The van der Waals surface area contributed by atoms with Crippen molar-refractivity contribution in [3.05, 3.63) is 0 Å². The molecule has 0 aliphatic rings. The first-order valence-electron chi connectivity index (χ1n) is 2.32. The van der Waals surface area contributed by atoms with Crippen LogP contribution in [0.1, 0.15) is 13.8 Å². The van der Waals surface area contributed by atoms with Gasteiger partial charge >= 0.3 is 0 Å². The van der Waals surface area contributed by atoms with Gasteiger partial charge in [-0.05, 0) is 11.5 Å². The molecule has 0 aromatic carbocycles. The highest BCUT2D eigenvalue weighted by Gasteiger charge is 1.67. The summed E-state index contributed by atoms with van der Waals surface area (Å²) in [6, 6.07) is 0. The van der Waals surface area contributed by atoms with Crippen LogP contribution in [0.5, 0.6) is 0 Å². The zero-order valence-corrected chi connectivity index (χ0v) is 5.79. The summed E-state index contributed by atoms with van der Waals surface area (Å²) in [6.07, 6.45) is 0. The zero-order valence-electron chi connectivity index (χ0n) is 4.98. The highest BCUT2D eigenvalue weighted by Crippen LogP contribution is 1.93. The Morgan fingerprint density at radius 3 is 1.43 bits per heavy atom. The largest absolute Gasteiger partial charge is 0.274 e. The molecule has 0 radical (unpaired) electrons. The predicted octanol–water partition coefficient (Wildman–Crippen LogP) is 0.578. The van der Waals surface area contributed by atoms with E-state index in [1.54, 1.807) is 0 Å². The minimum absolute atomic E-state index is 1.26. The quantitative estimate of drug-likeness (QED) is 0.416. The summed E-state index contributed by atoms with van der Waals surface area (Å²) >= 11 is 1.96. The number of thioether (sulfide) groups is 1. The molecule has 0 aliphatic heterocycles. The summed E-state index contributed by atoms with van der Waals surface area (Å²) in [4.78, 5) is 0. The van der Waals surface area contributed by atoms with Crippen LogP contribution in [-0.2, 0) is 0 Å². The van der Waals surface area contributed by atoms with Gasteiger partial charge in [-0.3, -0.25) is 11.7 Å². The van der Waals surface area contributed by atoms with E-state index in [1.807, 2.05) is 11.8 Å². The molecule has 0 rings (SSSR count). The Labute approximate surface area is 49.6 Å². The highest BCUT2D eigenvalue weighted by atomic mass is 32.2. The Kier molecular flexibility index (Phi) is 23.9. The first-order chi connectivity index (χ1) is 3.41. The number of hydrazine groups is 1. The van der Waals surface area contributed by atoms with Crippen LogP contribution in [0.2, 0.25) is 0 Å². The van der Waals surface area contributed by atoms with Crippen molar-refractivity contribution in [3.63, 3.8) is 0 Å². The Morgan fingerprint density at radius 1 is 1.14 bits per heavy atom. The molecule has 0 bridgehead atoms. The lowest BCUT2D eigenvalue weighted by molar-refractivity contribution is 1.26. The van der Waals surface area contributed by atoms with Crippen molar-refractivity contribution in [1.29, 1.82) is 0 Å². The average Bonchev–Trinajstić information content (AvgIpc) is 1.75. The van der Waals surface area contributed by atoms with E-state index in [-0.39, 0.29) is 0 Å². The van der Waals surface area contributed by atoms with Crippen molar-refractivity contribution in [2.24, 2.45) is 11.7 Å². The van der Waals surface area contributed by atoms with Crippen LogP contribution >= 0.6 is 11.8 Å². The number of hydrogen-bond acceptors (Lipinski definition) is 3. The lowest BCUT2D eigenvalue weighted by Gasteiger charge is -1.80. The molecule has 0 amide bonds. The Balaban J connectivity index is 0.